The summed E-state index contributed by atoms with van der Waals surface area (Å²) in [4.78, 5) is 6.62. The maximum atomic E-state index is 12.0. The highest BCUT2D eigenvalue weighted by Crippen LogP contribution is 2.37. The van der Waals surface area contributed by atoms with Gasteiger partial charge in [-0.2, -0.15) is 4.31 Å². The number of sulfonamides is 1. The molecule has 2 atom stereocenters. The fraction of sp³-hybridized carbons (Fsp3) is 0.688. The lowest BCUT2D eigenvalue weighted by atomic mass is 9.96. The average Bonchev–Trinajstić information content (AvgIpc) is 3.16. The van der Waals surface area contributed by atoms with E-state index in [-0.39, 0.29) is 11.4 Å². The predicted octanol–water partition coefficient (Wildman–Crippen LogP) is 1.10. The van der Waals surface area contributed by atoms with Crippen molar-refractivity contribution in [1.82, 2.24) is 14.2 Å². The summed E-state index contributed by atoms with van der Waals surface area (Å²) in [5.41, 5.74) is 0.739. The average molecular weight is 339 g/mol. The van der Waals surface area contributed by atoms with Gasteiger partial charge in [-0.05, 0) is 38.9 Å². The molecule has 0 radical (unpaired) electrons. The molecule has 1 aromatic heterocycles. The Labute approximate surface area is 138 Å². The van der Waals surface area contributed by atoms with Gasteiger partial charge in [0.25, 0.3) is 0 Å². The van der Waals surface area contributed by atoms with Crippen LogP contribution in [0.4, 0.5) is 0 Å². The Morgan fingerprint density at radius 1 is 1.48 bits per heavy atom. The van der Waals surface area contributed by atoms with Gasteiger partial charge < -0.3 is 4.74 Å². The topological polar surface area (TPSA) is 62.7 Å². The van der Waals surface area contributed by atoms with Crippen LogP contribution in [0.3, 0.4) is 0 Å². The molecular formula is C16H25N3O3S. The standard InChI is InChI=1S/C16H25N3O3S/c1-3-23(20,21)19-9-7-16(13-19)10-15(12-22-16)18(2)11-14-6-4-5-8-17-14/h4-6,8,15H,3,7,9-13H2,1-2H3/t15-,16+/m1/s1. The van der Waals surface area contributed by atoms with Crippen LogP contribution >= 0.6 is 0 Å². The summed E-state index contributed by atoms with van der Waals surface area (Å²) in [6, 6.07) is 6.24. The van der Waals surface area contributed by atoms with Crippen molar-refractivity contribution in [2.24, 2.45) is 0 Å². The van der Waals surface area contributed by atoms with Crippen molar-refractivity contribution in [3.63, 3.8) is 0 Å². The van der Waals surface area contributed by atoms with Gasteiger partial charge in [-0.1, -0.05) is 6.07 Å². The molecule has 0 N–H and O–H groups in total. The minimum atomic E-state index is -3.12. The Hall–Kier alpha value is -1.02. The lowest BCUT2D eigenvalue weighted by Crippen LogP contribution is -2.38. The van der Waals surface area contributed by atoms with Crippen LogP contribution in [0.5, 0.6) is 0 Å². The summed E-state index contributed by atoms with van der Waals surface area (Å²) in [5.74, 6) is 0.159. The number of likely N-dealkylation sites (N-methyl/N-ethyl adjacent to an activating group) is 1. The van der Waals surface area contributed by atoms with Gasteiger partial charge in [0.1, 0.15) is 0 Å². The van der Waals surface area contributed by atoms with Crippen molar-refractivity contribution in [1.29, 1.82) is 0 Å². The molecule has 0 unspecified atom stereocenters. The monoisotopic (exact) mass is 339 g/mol. The second kappa shape index (κ2) is 6.47. The van der Waals surface area contributed by atoms with Crippen molar-refractivity contribution < 1.29 is 13.2 Å². The van der Waals surface area contributed by atoms with E-state index in [4.69, 9.17) is 4.74 Å². The number of nitrogens with zero attached hydrogens (tertiary/aromatic N) is 3. The Morgan fingerprint density at radius 3 is 3.00 bits per heavy atom. The van der Waals surface area contributed by atoms with E-state index in [0.717, 1.165) is 25.1 Å². The van der Waals surface area contributed by atoms with E-state index in [0.29, 0.717) is 25.7 Å². The highest BCUT2D eigenvalue weighted by atomic mass is 32.2. The third-order valence-corrected chi connectivity index (χ3v) is 6.82. The summed E-state index contributed by atoms with van der Waals surface area (Å²) in [5, 5.41) is 0. The zero-order valence-corrected chi connectivity index (χ0v) is 14.6. The van der Waals surface area contributed by atoms with E-state index < -0.39 is 10.0 Å². The van der Waals surface area contributed by atoms with Crippen LogP contribution in [0.2, 0.25) is 0 Å². The molecule has 0 bridgehead atoms. The van der Waals surface area contributed by atoms with Crippen LogP contribution in [0.1, 0.15) is 25.5 Å². The number of hydrogen-bond donors (Lipinski definition) is 0. The van der Waals surface area contributed by atoms with Gasteiger partial charge in [-0.15, -0.1) is 0 Å². The van der Waals surface area contributed by atoms with Crippen LogP contribution in [0.15, 0.2) is 24.4 Å². The molecule has 1 spiro atoms. The molecule has 7 heteroatoms. The Morgan fingerprint density at radius 2 is 2.30 bits per heavy atom. The summed E-state index contributed by atoms with van der Waals surface area (Å²) in [7, 11) is -1.04. The summed E-state index contributed by atoms with van der Waals surface area (Å²) >= 11 is 0. The molecule has 0 amide bonds. The van der Waals surface area contributed by atoms with Crippen molar-refractivity contribution in [2.45, 2.75) is 38.0 Å². The highest BCUT2D eigenvalue weighted by molar-refractivity contribution is 7.89. The molecular weight excluding hydrogens is 314 g/mol. The van der Waals surface area contributed by atoms with Crippen molar-refractivity contribution >= 4 is 10.0 Å². The minimum absolute atomic E-state index is 0.159. The van der Waals surface area contributed by atoms with Crippen LogP contribution in [-0.4, -0.2) is 66.7 Å². The van der Waals surface area contributed by atoms with Crippen LogP contribution in [0, 0.1) is 0 Å². The number of ether oxygens (including phenoxy) is 1. The van der Waals surface area contributed by atoms with Gasteiger partial charge in [-0.3, -0.25) is 9.88 Å². The molecule has 2 aliphatic rings. The van der Waals surface area contributed by atoms with Gasteiger partial charge in [-0.25, -0.2) is 8.42 Å². The van der Waals surface area contributed by atoms with Crippen molar-refractivity contribution in [3.05, 3.63) is 30.1 Å². The number of pyridine rings is 1. The van der Waals surface area contributed by atoms with E-state index >= 15 is 0 Å². The van der Waals surface area contributed by atoms with E-state index in [1.807, 2.05) is 18.2 Å². The maximum absolute atomic E-state index is 12.0. The molecule has 2 fully saturated rings. The first-order chi connectivity index (χ1) is 10.9. The minimum Gasteiger partial charge on any atom is -0.372 e. The number of hydrogen-bond acceptors (Lipinski definition) is 5. The van der Waals surface area contributed by atoms with E-state index in [2.05, 4.69) is 16.9 Å². The lowest BCUT2D eigenvalue weighted by molar-refractivity contribution is 0.0153. The van der Waals surface area contributed by atoms with Crippen LogP contribution in [-0.2, 0) is 21.3 Å². The molecule has 3 rings (SSSR count). The largest absolute Gasteiger partial charge is 0.372 e. The zero-order valence-electron chi connectivity index (χ0n) is 13.8. The molecule has 0 aliphatic carbocycles. The van der Waals surface area contributed by atoms with Gasteiger partial charge in [0.05, 0.1) is 23.7 Å². The van der Waals surface area contributed by atoms with Gasteiger partial charge in [0.2, 0.25) is 10.0 Å². The Balaban J connectivity index is 1.60. The van der Waals surface area contributed by atoms with E-state index in [1.54, 1.807) is 17.4 Å². The quantitative estimate of drug-likeness (QED) is 0.804. The third kappa shape index (κ3) is 3.57. The van der Waals surface area contributed by atoms with Gasteiger partial charge in [0.15, 0.2) is 0 Å². The Bertz CT molecular complexity index is 637. The fourth-order valence-electron chi connectivity index (χ4n) is 3.49. The smallest absolute Gasteiger partial charge is 0.213 e. The first-order valence-corrected chi connectivity index (χ1v) is 9.77. The SMILES string of the molecule is CCS(=O)(=O)N1CC[C@]2(C[C@@H](N(C)Cc3ccccn3)CO2)C1. The molecule has 6 nitrogen and oxygen atoms in total. The van der Waals surface area contributed by atoms with Gasteiger partial charge >= 0.3 is 0 Å². The van der Waals surface area contributed by atoms with Gasteiger partial charge in [0, 0.05) is 31.9 Å². The van der Waals surface area contributed by atoms with Crippen molar-refractivity contribution in [3.8, 4) is 0 Å². The molecule has 3 heterocycles. The van der Waals surface area contributed by atoms with E-state index in [1.165, 1.54) is 0 Å². The first-order valence-electron chi connectivity index (χ1n) is 8.16. The molecule has 0 saturated carbocycles. The molecule has 1 aromatic rings. The zero-order chi connectivity index (χ0) is 16.5. The first kappa shape index (κ1) is 16.8. The van der Waals surface area contributed by atoms with Crippen LogP contribution < -0.4 is 0 Å². The number of aromatic nitrogens is 1. The lowest BCUT2D eigenvalue weighted by Gasteiger charge is -2.25. The summed E-state index contributed by atoms with van der Waals surface area (Å²) in [6.07, 6.45) is 3.48. The molecule has 128 valence electrons. The van der Waals surface area contributed by atoms with Crippen LogP contribution in [0.25, 0.3) is 0 Å². The predicted molar refractivity (Wildman–Crippen MR) is 88.4 cm³/mol. The maximum Gasteiger partial charge on any atom is 0.213 e. The third-order valence-electron chi connectivity index (χ3n) is 4.99. The molecule has 23 heavy (non-hydrogen) atoms. The second-order valence-corrected chi connectivity index (χ2v) is 8.83. The normalized spacial score (nSPS) is 28.9. The second-order valence-electron chi connectivity index (χ2n) is 6.57. The van der Waals surface area contributed by atoms with Crippen molar-refractivity contribution in [2.75, 3.05) is 32.5 Å². The Kier molecular flexibility index (Phi) is 4.73. The molecule has 0 aromatic carbocycles. The van der Waals surface area contributed by atoms with E-state index in [9.17, 15) is 8.42 Å². The summed E-state index contributed by atoms with van der Waals surface area (Å²) in [6.45, 7) is 4.20. The molecule has 2 aliphatic heterocycles. The fourth-order valence-corrected chi connectivity index (χ4v) is 4.66. The summed E-state index contributed by atoms with van der Waals surface area (Å²) < 4.78 is 31.8. The highest BCUT2D eigenvalue weighted by Gasteiger charge is 2.48. The molecule has 2 saturated heterocycles. The number of rotatable bonds is 5.